The van der Waals surface area contributed by atoms with E-state index in [-0.39, 0.29) is 0 Å². The van der Waals surface area contributed by atoms with Crippen LogP contribution in [0.1, 0.15) is 36.4 Å². The fraction of sp³-hybridized carbons (Fsp3) is 0.500. The van der Waals surface area contributed by atoms with Gasteiger partial charge in [-0.15, -0.1) is 0 Å². The molecule has 4 nitrogen and oxygen atoms in total. The molecule has 0 aromatic carbocycles. The summed E-state index contributed by atoms with van der Waals surface area (Å²) >= 11 is 2.39. The molecule has 0 saturated heterocycles. The molecule has 0 fully saturated rings. The summed E-state index contributed by atoms with van der Waals surface area (Å²) in [5, 5.41) is 12.9. The number of rotatable bonds is 7. The van der Waals surface area contributed by atoms with Crippen molar-refractivity contribution in [2.45, 2.75) is 46.3 Å². The Balaban J connectivity index is 1.71. The number of pyridine rings is 1. The van der Waals surface area contributed by atoms with E-state index in [0.29, 0.717) is 5.41 Å². The molecule has 0 amide bonds. The molecular weight excluding hydrogens is 443 g/mol. The fourth-order valence-electron chi connectivity index (χ4n) is 3.82. The van der Waals surface area contributed by atoms with Crippen molar-refractivity contribution in [1.29, 1.82) is 0 Å². The number of aryl methyl sites for hydroxylation is 1. The highest BCUT2D eigenvalue weighted by molar-refractivity contribution is 14.2. The number of fused-ring (bicyclic) bond motifs is 1. The van der Waals surface area contributed by atoms with Gasteiger partial charge in [-0.3, -0.25) is 0 Å². The van der Waals surface area contributed by atoms with E-state index in [4.69, 9.17) is 0 Å². The SMILES string of the molecule is Cc1cc2c(n1CCNc1nccc([B]O)c1CPI)CC(C)(C)C2. The van der Waals surface area contributed by atoms with E-state index in [1.54, 1.807) is 6.20 Å². The van der Waals surface area contributed by atoms with Crippen molar-refractivity contribution in [2.75, 3.05) is 11.9 Å². The first-order valence-electron chi connectivity index (χ1n) is 8.66. The number of nitrogens with one attached hydrogen (secondary N) is 1. The number of hydrogen-bond donors (Lipinski definition) is 2. The van der Waals surface area contributed by atoms with E-state index in [0.717, 1.165) is 48.7 Å². The molecule has 1 unspecified atom stereocenters. The molecule has 0 aliphatic heterocycles. The average Bonchev–Trinajstić information content (AvgIpc) is 3.00. The van der Waals surface area contributed by atoms with Gasteiger partial charge in [0, 0.05) is 36.8 Å². The summed E-state index contributed by atoms with van der Waals surface area (Å²) in [4.78, 5) is 4.49. The lowest BCUT2D eigenvalue weighted by Gasteiger charge is -2.19. The van der Waals surface area contributed by atoms with E-state index in [2.05, 4.69) is 63.7 Å². The molecule has 0 spiro atoms. The lowest BCUT2D eigenvalue weighted by atomic mass is 9.85. The third-order valence-electron chi connectivity index (χ3n) is 4.92. The van der Waals surface area contributed by atoms with Gasteiger partial charge in [-0.1, -0.05) is 42.1 Å². The molecule has 2 heterocycles. The van der Waals surface area contributed by atoms with Gasteiger partial charge in [0.1, 0.15) is 5.82 Å². The van der Waals surface area contributed by atoms with Crippen LogP contribution in [0.3, 0.4) is 0 Å². The van der Waals surface area contributed by atoms with Crippen LogP contribution in [0.15, 0.2) is 18.3 Å². The van der Waals surface area contributed by atoms with Gasteiger partial charge in [0.15, 0.2) is 0 Å². The zero-order chi connectivity index (χ0) is 18.0. The van der Waals surface area contributed by atoms with Crippen molar-refractivity contribution in [3.05, 3.63) is 40.8 Å². The average molecular weight is 468 g/mol. The maximum absolute atomic E-state index is 9.45. The first-order valence-corrected chi connectivity index (χ1v) is 13.0. The maximum Gasteiger partial charge on any atom is 0.327 e. The van der Waals surface area contributed by atoms with Crippen LogP contribution in [-0.2, 0) is 25.5 Å². The van der Waals surface area contributed by atoms with E-state index in [1.807, 2.05) is 6.07 Å². The Hall–Kier alpha value is -0.585. The summed E-state index contributed by atoms with van der Waals surface area (Å²) in [5.74, 6) is 0.897. The molecule has 2 aromatic heterocycles. The lowest BCUT2D eigenvalue weighted by Crippen LogP contribution is -2.23. The van der Waals surface area contributed by atoms with Gasteiger partial charge in [0.2, 0.25) is 0 Å². The highest BCUT2D eigenvalue weighted by Crippen LogP contribution is 2.37. The van der Waals surface area contributed by atoms with Gasteiger partial charge < -0.3 is 14.9 Å². The van der Waals surface area contributed by atoms with E-state index in [9.17, 15) is 5.02 Å². The van der Waals surface area contributed by atoms with Crippen molar-refractivity contribution in [3.8, 4) is 0 Å². The highest BCUT2D eigenvalue weighted by atomic mass is 127. The van der Waals surface area contributed by atoms with E-state index in [1.165, 1.54) is 30.9 Å². The molecule has 2 aromatic rings. The largest absolute Gasteiger partial charge is 0.450 e. The Morgan fingerprint density at radius 1 is 1.44 bits per heavy atom. The van der Waals surface area contributed by atoms with Crippen molar-refractivity contribution < 1.29 is 5.02 Å². The van der Waals surface area contributed by atoms with Gasteiger partial charge in [0.25, 0.3) is 0 Å². The van der Waals surface area contributed by atoms with Crippen LogP contribution in [0.5, 0.6) is 0 Å². The predicted octanol–water partition coefficient (Wildman–Crippen LogP) is 3.19. The fourth-order valence-corrected chi connectivity index (χ4v) is 5.47. The highest BCUT2D eigenvalue weighted by Gasteiger charge is 2.31. The molecule has 1 radical (unpaired) electrons. The second-order valence-corrected chi connectivity index (χ2v) is 10.4. The predicted molar refractivity (Wildman–Crippen MR) is 117 cm³/mol. The van der Waals surface area contributed by atoms with Crippen molar-refractivity contribution in [2.24, 2.45) is 5.41 Å². The van der Waals surface area contributed by atoms with Gasteiger partial charge in [-0.05, 0) is 53.9 Å². The van der Waals surface area contributed by atoms with Crippen LogP contribution in [-0.4, -0.2) is 28.6 Å². The van der Waals surface area contributed by atoms with Crippen LogP contribution in [0.2, 0.25) is 0 Å². The molecule has 25 heavy (non-hydrogen) atoms. The maximum atomic E-state index is 9.45. The zero-order valence-corrected chi connectivity index (χ0v) is 18.2. The third kappa shape index (κ3) is 4.22. The molecule has 1 aliphatic carbocycles. The van der Waals surface area contributed by atoms with Gasteiger partial charge in [0.05, 0.1) is 0 Å². The quantitative estimate of drug-likeness (QED) is 0.373. The van der Waals surface area contributed by atoms with Gasteiger partial charge >= 0.3 is 7.48 Å². The summed E-state index contributed by atoms with van der Waals surface area (Å²) in [6, 6.07) is 4.22. The summed E-state index contributed by atoms with van der Waals surface area (Å²) in [7, 11) is 1.18. The van der Waals surface area contributed by atoms with E-state index >= 15 is 0 Å². The smallest absolute Gasteiger partial charge is 0.327 e. The van der Waals surface area contributed by atoms with Crippen molar-refractivity contribution in [1.82, 2.24) is 9.55 Å². The second kappa shape index (κ2) is 7.97. The minimum absolute atomic E-state index is 0.384. The summed E-state index contributed by atoms with van der Waals surface area (Å²) < 4.78 is 2.46. The first kappa shape index (κ1) is 19.2. The summed E-state index contributed by atoms with van der Waals surface area (Å²) in [6.07, 6.45) is 5.78. The normalized spacial score (nSPS) is 15.7. The Bertz CT molecular complexity index is 763. The summed E-state index contributed by atoms with van der Waals surface area (Å²) in [5.41, 5.74) is 6.72. The van der Waals surface area contributed by atoms with Crippen LogP contribution < -0.4 is 10.8 Å². The van der Waals surface area contributed by atoms with E-state index < -0.39 is 0 Å². The molecule has 133 valence electrons. The standard InChI is InChI=1S/C18H25BIN3OP/c1-12-8-13-9-18(2,3)10-16(13)23(12)7-6-22-17-14(11-25-20)15(19-24)4-5-21-17/h4-5,8,24-25H,6-7,9-11H2,1-3H3,(H,21,22). The van der Waals surface area contributed by atoms with Crippen LogP contribution >= 0.6 is 28.3 Å². The molecular formula is C18H25BIN3OP. The third-order valence-corrected chi connectivity index (χ3v) is 6.55. The van der Waals surface area contributed by atoms with Crippen molar-refractivity contribution >= 4 is 47.0 Å². The van der Waals surface area contributed by atoms with Gasteiger partial charge in [-0.25, -0.2) is 4.98 Å². The topological polar surface area (TPSA) is 50.1 Å². The molecule has 1 atom stereocenters. The van der Waals surface area contributed by atoms with Crippen LogP contribution in [0.25, 0.3) is 0 Å². The molecule has 1 aliphatic rings. The Labute approximate surface area is 165 Å². The monoisotopic (exact) mass is 468 g/mol. The molecule has 0 bridgehead atoms. The van der Waals surface area contributed by atoms with Crippen LogP contribution in [0.4, 0.5) is 5.82 Å². The number of aromatic nitrogens is 2. The number of nitrogens with zero attached hydrogens (tertiary/aromatic N) is 2. The Morgan fingerprint density at radius 2 is 2.24 bits per heavy atom. The van der Waals surface area contributed by atoms with Gasteiger partial charge in [-0.2, -0.15) is 0 Å². The molecule has 0 saturated carbocycles. The first-order chi connectivity index (χ1) is 11.9. The van der Waals surface area contributed by atoms with Crippen LogP contribution in [0, 0.1) is 12.3 Å². The number of hydrogen-bond acceptors (Lipinski definition) is 3. The lowest BCUT2D eigenvalue weighted by molar-refractivity contribution is 0.384. The molecule has 2 N–H and O–H groups in total. The van der Waals surface area contributed by atoms with Crippen molar-refractivity contribution in [3.63, 3.8) is 0 Å². The summed E-state index contributed by atoms with van der Waals surface area (Å²) in [6.45, 7) is 8.68. The minimum atomic E-state index is 0.384. The molecule has 7 heteroatoms. The number of anilines is 1. The Kier molecular flexibility index (Phi) is 6.12. The zero-order valence-electron chi connectivity index (χ0n) is 15.1. The second-order valence-electron chi connectivity index (χ2n) is 7.52. The minimum Gasteiger partial charge on any atom is -0.450 e. The molecule has 3 rings (SSSR count). The number of halogens is 1. The Morgan fingerprint density at radius 3 is 2.96 bits per heavy atom.